The van der Waals surface area contributed by atoms with Gasteiger partial charge >= 0.3 is 0 Å². The lowest BCUT2D eigenvalue weighted by Crippen LogP contribution is -2.48. The summed E-state index contributed by atoms with van der Waals surface area (Å²) >= 11 is 0. The summed E-state index contributed by atoms with van der Waals surface area (Å²) in [6.07, 6.45) is 3.03. The molecular formula is C26H31F2N5O2S. The summed E-state index contributed by atoms with van der Waals surface area (Å²) in [5, 5.41) is 13.0. The van der Waals surface area contributed by atoms with Crippen molar-refractivity contribution in [3.8, 4) is 11.3 Å². The molecule has 0 saturated heterocycles. The summed E-state index contributed by atoms with van der Waals surface area (Å²) in [6.45, 7) is 10.9. The maximum Gasteiger partial charge on any atom is 0.246 e. The van der Waals surface area contributed by atoms with Gasteiger partial charge in [-0.05, 0) is 61.8 Å². The van der Waals surface area contributed by atoms with Crippen molar-refractivity contribution in [2.45, 2.75) is 70.2 Å². The van der Waals surface area contributed by atoms with Crippen LogP contribution in [0.25, 0.3) is 11.3 Å². The molecule has 0 N–H and O–H groups in total. The van der Waals surface area contributed by atoms with Crippen molar-refractivity contribution in [3.63, 3.8) is 0 Å². The molecule has 0 unspecified atom stereocenters. The Labute approximate surface area is 210 Å². The number of aryl methyl sites for hydroxylation is 1. The lowest BCUT2D eigenvalue weighted by molar-refractivity contribution is 0.169. The number of aromatic nitrogens is 4. The Morgan fingerprint density at radius 2 is 1.86 bits per heavy atom. The molecule has 0 spiro atoms. The number of rotatable bonds is 7. The maximum absolute atomic E-state index is 14.5. The first kappa shape index (κ1) is 25.0. The molecule has 1 fully saturated rings. The van der Waals surface area contributed by atoms with Crippen molar-refractivity contribution in [2.24, 2.45) is 5.41 Å². The Kier molecular flexibility index (Phi) is 5.83. The highest BCUT2D eigenvalue weighted by Crippen LogP contribution is 2.67. The van der Waals surface area contributed by atoms with Gasteiger partial charge in [0.05, 0.1) is 28.8 Å². The van der Waals surface area contributed by atoms with Gasteiger partial charge in [-0.25, -0.2) is 17.2 Å². The molecule has 7 nitrogen and oxygen atoms in total. The molecule has 10 heteroatoms. The Bertz CT molecular complexity index is 1430. The molecular weight excluding hydrogens is 484 g/mol. The SMILES string of the molecule is CCN(C[C@@]12CC[C@@H](c3cc(-c4c(F)cccc4F)nnc31)C2(C)C)S(=O)(=O)c1cnn(CC)c1C. The second-order valence-corrected chi connectivity index (χ2v) is 12.3. The first-order valence-corrected chi connectivity index (χ1v) is 13.8. The first-order valence-electron chi connectivity index (χ1n) is 12.3. The van der Waals surface area contributed by atoms with Crippen molar-refractivity contribution in [3.05, 3.63) is 59.0 Å². The highest BCUT2D eigenvalue weighted by atomic mass is 32.2. The van der Waals surface area contributed by atoms with Crippen LogP contribution in [-0.2, 0) is 22.0 Å². The number of sulfonamides is 1. The maximum atomic E-state index is 14.5. The number of benzene rings is 1. The Hall–Kier alpha value is -2.72. The topological polar surface area (TPSA) is 81.0 Å². The van der Waals surface area contributed by atoms with E-state index in [1.165, 1.54) is 28.7 Å². The van der Waals surface area contributed by atoms with Crippen LogP contribution in [0.1, 0.15) is 63.4 Å². The molecule has 1 saturated carbocycles. The number of hydrogen-bond donors (Lipinski definition) is 0. The lowest BCUT2D eigenvalue weighted by atomic mass is 9.68. The Balaban J connectivity index is 1.58. The minimum absolute atomic E-state index is 0.0857. The van der Waals surface area contributed by atoms with E-state index in [9.17, 15) is 17.2 Å². The van der Waals surface area contributed by atoms with Crippen LogP contribution in [0, 0.1) is 24.0 Å². The largest absolute Gasteiger partial charge is 0.269 e. The molecule has 0 amide bonds. The van der Waals surface area contributed by atoms with Crippen molar-refractivity contribution < 1.29 is 17.2 Å². The van der Waals surface area contributed by atoms with Crippen LogP contribution in [-0.4, -0.2) is 45.8 Å². The molecule has 2 aromatic heterocycles. The minimum Gasteiger partial charge on any atom is -0.269 e. The Morgan fingerprint density at radius 3 is 2.47 bits per heavy atom. The molecule has 2 aliphatic carbocycles. The quantitative estimate of drug-likeness (QED) is 0.451. The molecule has 5 rings (SSSR count). The van der Waals surface area contributed by atoms with Gasteiger partial charge in [-0.15, -0.1) is 0 Å². The highest BCUT2D eigenvalue weighted by molar-refractivity contribution is 7.89. The second kappa shape index (κ2) is 8.41. The van der Waals surface area contributed by atoms with Crippen molar-refractivity contribution in [2.75, 3.05) is 13.1 Å². The molecule has 1 aromatic carbocycles. The molecule has 0 aliphatic heterocycles. The van der Waals surface area contributed by atoms with Crippen molar-refractivity contribution in [1.29, 1.82) is 0 Å². The summed E-state index contributed by atoms with van der Waals surface area (Å²) < 4.78 is 59.7. The molecule has 2 bridgehead atoms. The monoisotopic (exact) mass is 515 g/mol. The number of fused-ring (bicyclic) bond motifs is 5. The predicted octanol–water partition coefficient (Wildman–Crippen LogP) is 4.81. The summed E-state index contributed by atoms with van der Waals surface area (Å²) in [6, 6.07) is 5.48. The van der Waals surface area contributed by atoms with Crippen LogP contribution < -0.4 is 0 Å². The summed E-state index contributed by atoms with van der Waals surface area (Å²) in [4.78, 5) is 0.213. The average molecular weight is 516 g/mol. The third kappa shape index (κ3) is 3.30. The predicted molar refractivity (Wildman–Crippen MR) is 132 cm³/mol. The third-order valence-electron chi connectivity index (χ3n) is 8.61. The summed E-state index contributed by atoms with van der Waals surface area (Å²) in [7, 11) is -3.80. The van der Waals surface area contributed by atoms with Gasteiger partial charge in [-0.3, -0.25) is 4.68 Å². The van der Waals surface area contributed by atoms with E-state index in [0.717, 1.165) is 24.1 Å². The molecule has 192 valence electrons. The van der Waals surface area contributed by atoms with Gasteiger partial charge in [-0.2, -0.15) is 19.6 Å². The number of halogens is 2. The lowest BCUT2D eigenvalue weighted by Gasteiger charge is -2.41. The smallest absolute Gasteiger partial charge is 0.246 e. The van der Waals surface area contributed by atoms with E-state index in [0.29, 0.717) is 18.8 Å². The number of hydrogen-bond acceptors (Lipinski definition) is 5. The molecule has 36 heavy (non-hydrogen) atoms. The van der Waals surface area contributed by atoms with E-state index in [1.807, 2.05) is 13.8 Å². The van der Waals surface area contributed by atoms with Crippen molar-refractivity contribution in [1.82, 2.24) is 24.3 Å². The van der Waals surface area contributed by atoms with Gasteiger partial charge < -0.3 is 0 Å². The zero-order chi connectivity index (χ0) is 26.0. The van der Waals surface area contributed by atoms with Crippen LogP contribution >= 0.6 is 0 Å². The average Bonchev–Trinajstić information content (AvgIpc) is 3.40. The highest BCUT2D eigenvalue weighted by Gasteiger charge is 2.64. The van der Waals surface area contributed by atoms with Gasteiger partial charge in [-0.1, -0.05) is 26.8 Å². The van der Waals surface area contributed by atoms with E-state index < -0.39 is 27.1 Å². The fourth-order valence-electron chi connectivity index (χ4n) is 6.45. The van der Waals surface area contributed by atoms with Crippen LogP contribution in [0.4, 0.5) is 8.78 Å². The van der Waals surface area contributed by atoms with Gasteiger partial charge in [0.2, 0.25) is 10.0 Å². The third-order valence-corrected chi connectivity index (χ3v) is 10.6. The van der Waals surface area contributed by atoms with Gasteiger partial charge in [0.15, 0.2) is 0 Å². The molecule has 2 heterocycles. The zero-order valence-electron chi connectivity index (χ0n) is 21.2. The summed E-state index contributed by atoms with van der Waals surface area (Å²) in [5.74, 6) is -1.29. The van der Waals surface area contributed by atoms with Crippen LogP contribution in [0.3, 0.4) is 0 Å². The van der Waals surface area contributed by atoms with E-state index in [4.69, 9.17) is 0 Å². The van der Waals surface area contributed by atoms with E-state index in [2.05, 4.69) is 29.1 Å². The van der Waals surface area contributed by atoms with Crippen molar-refractivity contribution >= 4 is 10.0 Å². The number of nitrogens with zero attached hydrogens (tertiary/aromatic N) is 5. The van der Waals surface area contributed by atoms with E-state index in [1.54, 1.807) is 17.7 Å². The van der Waals surface area contributed by atoms with Crippen LogP contribution in [0.15, 0.2) is 35.4 Å². The first-order chi connectivity index (χ1) is 17.0. The fraction of sp³-hybridized carbons (Fsp3) is 0.500. The molecule has 0 radical (unpaired) electrons. The number of likely N-dealkylation sites (N-methyl/N-ethyl adjacent to an activating group) is 1. The standard InChI is InChI=1S/C26H31F2N5O2S/c1-6-32(36(34,35)22-14-29-33(7-2)16(22)3)15-26-12-11-18(25(26,4)5)17-13-21(30-31-24(17)26)23-19(27)9-8-10-20(23)28/h8-10,13-14,18H,6-7,11-12,15H2,1-5H3/t18-,26-/m0/s1. The van der Waals surface area contributed by atoms with Crippen LogP contribution in [0.5, 0.6) is 0 Å². The minimum atomic E-state index is -3.80. The molecule has 2 atom stereocenters. The Morgan fingerprint density at radius 1 is 1.17 bits per heavy atom. The fourth-order valence-corrected chi connectivity index (χ4v) is 8.12. The molecule has 2 aliphatic rings. The van der Waals surface area contributed by atoms with Gasteiger partial charge in [0, 0.05) is 25.0 Å². The van der Waals surface area contributed by atoms with Crippen LogP contribution in [0.2, 0.25) is 0 Å². The van der Waals surface area contributed by atoms with Gasteiger partial charge in [0.25, 0.3) is 0 Å². The van der Waals surface area contributed by atoms with E-state index in [-0.39, 0.29) is 34.0 Å². The normalized spacial score (nSPS) is 22.4. The van der Waals surface area contributed by atoms with E-state index >= 15 is 0 Å². The molecule has 3 aromatic rings. The van der Waals surface area contributed by atoms with Gasteiger partial charge in [0.1, 0.15) is 16.5 Å². The second-order valence-electron chi connectivity index (χ2n) is 10.4. The summed E-state index contributed by atoms with van der Waals surface area (Å²) in [5.41, 5.74) is 1.34. The zero-order valence-corrected chi connectivity index (χ0v) is 22.0.